The van der Waals surface area contributed by atoms with E-state index in [1.54, 1.807) is 19.5 Å². The topological polar surface area (TPSA) is 102 Å². The lowest BCUT2D eigenvalue weighted by Crippen LogP contribution is -2.23. The second-order valence-electron chi connectivity index (χ2n) is 10.4. The first-order chi connectivity index (χ1) is 18.9. The fraction of sp³-hybridized carbons (Fsp3) is 0.310. The van der Waals surface area contributed by atoms with Gasteiger partial charge >= 0.3 is 5.97 Å². The van der Waals surface area contributed by atoms with Crippen LogP contribution in [0.2, 0.25) is 10.0 Å². The monoisotopic (exact) mass is 562 g/mol. The van der Waals surface area contributed by atoms with Crippen LogP contribution in [0.15, 0.2) is 47.3 Å². The molecule has 8 nitrogen and oxygen atoms in total. The van der Waals surface area contributed by atoms with Gasteiger partial charge in [0, 0.05) is 59.7 Å². The van der Waals surface area contributed by atoms with E-state index in [1.807, 2.05) is 18.2 Å². The van der Waals surface area contributed by atoms with Crippen LogP contribution < -0.4 is 9.64 Å². The maximum atomic E-state index is 11.4. The average molecular weight is 563 g/mol. The number of aromatic nitrogens is 3. The van der Waals surface area contributed by atoms with Crippen LogP contribution in [0.5, 0.6) is 5.75 Å². The Morgan fingerprint density at radius 1 is 1.15 bits per heavy atom. The molecule has 1 saturated heterocycles. The number of ether oxygens (including phenoxy) is 1. The summed E-state index contributed by atoms with van der Waals surface area (Å²) >= 11 is 12.9. The Morgan fingerprint density at radius 3 is 2.56 bits per heavy atom. The van der Waals surface area contributed by atoms with Crippen LogP contribution in [0.1, 0.15) is 40.6 Å². The van der Waals surface area contributed by atoms with Crippen LogP contribution in [-0.2, 0) is 0 Å². The van der Waals surface area contributed by atoms with E-state index in [2.05, 4.69) is 32.2 Å². The van der Waals surface area contributed by atoms with E-state index >= 15 is 0 Å². The third-order valence-electron chi connectivity index (χ3n) is 8.10. The van der Waals surface area contributed by atoms with Crippen molar-refractivity contribution in [3.05, 3.63) is 69.8 Å². The van der Waals surface area contributed by atoms with Crippen LogP contribution in [-0.4, -0.2) is 46.4 Å². The molecule has 198 valence electrons. The van der Waals surface area contributed by atoms with E-state index in [0.29, 0.717) is 56.2 Å². The second kappa shape index (κ2) is 9.24. The molecule has 1 aromatic carbocycles. The Kier molecular flexibility index (Phi) is 5.79. The number of carbonyl (C=O) groups is 1. The largest absolute Gasteiger partial charge is 0.496 e. The number of hydrogen-bond donors (Lipinski definition) is 1. The number of fused-ring (bicyclic) bond motifs is 2. The number of pyridine rings is 2. The summed E-state index contributed by atoms with van der Waals surface area (Å²) in [7, 11) is 1.54. The van der Waals surface area contributed by atoms with Gasteiger partial charge < -0.3 is 19.3 Å². The summed E-state index contributed by atoms with van der Waals surface area (Å²) in [6.07, 6.45) is 9.78. The molecule has 3 aliphatic rings. The van der Waals surface area contributed by atoms with Crippen molar-refractivity contribution in [2.45, 2.75) is 18.8 Å². The quantitative estimate of drug-likeness (QED) is 0.269. The van der Waals surface area contributed by atoms with Crippen LogP contribution in [0.25, 0.3) is 28.2 Å². The number of methoxy groups -OCH3 is 1. The van der Waals surface area contributed by atoms with Crippen molar-refractivity contribution >= 4 is 51.8 Å². The summed E-state index contributed by atoms with van der Waals surface area (Å²) in [4.78, 5) is 22.1. The number of carboxylic acids is 1. The summed E-state index contributed by atoms with van der Waals surface area (Å²) < 4.78 is 11.3. The van der Waals surface area contributed by atoms with E-state index in [4.69, 9.17) is 32.5 Å². The Morgan fingerprint density at radius 2 is 1.90 bits per heavy atom. The van der Waals surface area contributed by atoms with Gasteiger partial charge in [0.15, 0.2) is 5.69 Å². The van der Waals surface area contributed by atoms with Crippen LogP contribution in [0.4, 0.5) is 5.69 Å². The summed E-state index contributed by atoms with van der Waals surface area (Å²) in [6, 6.07) is 7.38. The molecule has 4 aromatic rings. The van der Waals surface area contributed by atoms with Crippen LogP contribution in [0.3, 0.4) is 0 Å². The predicted octanol–water partition coefficient (Wildman–Crippen LogP) is 6.57. The fourth-order valence-electron chi connectivity index (χ4n) is 5.86. The van der Waals surface area contributed by atoms with Gasteiger partial charge in [-0.05, 0) is 48.8 Å². The molecule has 2 atom stereocenters. The van der Waals surface area contributed by atoms with Gasteiger partial charge in [-0.2, -0.15) is 0 Å². The zero-order valence-electron chi connectivity index (χ0n) is 21.0. The first kappa shape index (κ1) is 24.4. The molecule has 7 rings (SSSR count). The third kappa shape index (κ3) is 4.22. The molecular weight excluding hydrogens is 539 g/mol. The maximum absolute atomic E-state index is 11.4. The zero-order valence-corrected chi connectivity index (χ0v) is 22.5. The van der Waals surface area contributed by atoms with Gasteiger partial charge in [-0.3, -0.25) is 4.98 Å². The van der Waals surface area contributed by atoms with Crippen molar-refractivity contribution in [3.8, 4) is 17.0 Å². The van der Waals surface area contributed by atoms with Crippen molar-refractivity contribution < 1.29 is 19.2 Å². The number of nitrogens with zero attached hydrogens (tertiary/aromatic N) is 4. The van der Waals surface area contributed by atoms with Gasteiger partial charge in [0.1, 0.15) is 17.2 Å². The van der Waals surface area contributed by atoms with E-state index in [-0.39, 0.29) is 5.69 Å². The Bertz CT molecular complexity index is 1630. The summed E-state index contributed by atoms with van der Waals surface area (Å²) in [5.41, 5.74) is 3.94. The van der Waals surface area contributed by atoms with Crippen molar-refractivity contribution in [3.63, 3.8) is 0 Å². The minimum absolute atomic E-state index is 0.0292. The van der Waals surface area contributed by atoms with Gasteiger partial charge in [-0.1, -0.05) is 40.5 Å². The van der Waals surface area contributed by atoms with Crippen LogP contribution in [0, 0.1) is 17.8 Å². The lowest BCUT2D eigenvalue weighted by molar-refractivity contribution is 0.0690. The molecule has 0 spiro atoms. The number of rotatable bonds is 7. The molecule has 1 aliphatic heterocycles. The lowest BCUT2D eigenvalue weighted by Gasteiger charge is -2.22. The second-order valence-corrected chi connectivity index (χ2v) is 11.3. The van der Waals surface area contributed by atoms with E-state index in [1.165, 1.54) is 6.07 Å². The number of allylic oxidation sites excluding steroid dienone is 1. The molecule has 10 heteroatoms. The van der Waals surface area contributed by atoms with Crippen molar-refractivity contribution in [1.29, 1.82) is 0 Å². The molecular formula is C29H24Cl2N4O4. The number of halogens is 2. The standard InChI is InChI=1S/C29H24Cl2N4O4/c1-38-25-9-24(29(36)37)33-23-7-4-15(8-18(23)25)35-12-19-16(20(19)13-35)5-6-17-27(34-39-28(17)14-2-3-14)26-21(30)10-32-11-22(26)31/h4-11,14,16,19-20H,2-3,12-13H2,1H3,(H,36,37). The number of aromatic carboxylic acids is 1. The van der Waals surface area contributed by atoms with Crippen LogP contribution >= 0.6 is 23.2 Å². The number of anilines is 1. The van der Waals surface area contributed by atoms with Crippen molar-refractivity contribution in [2.24, 2.45) is 17.8 Å². The number of benzene rings is 1. The highest BCUT2D eigenvalue weighted by atomic mass is 35.5. The number of piperidine rings is 1. The molecule has 0 bridgehead atoms. The molecule has 3 aromatic heterocycles. The van der Waals surface area contributed by atoms with E-state index in [0.717, 1.165) is 48.3 Å². The van der Waals surface area contributed by atoms with Crippen molar-refractivity contribution in [2.75, 3.05) is 25.1 Å². The smallest absolute Gasteiger partial charge is 0.354 e. The molecule has 0 radical (unpaired) electrons. The lowest BCUT2D eigenvalue weighted by atomic mass is 10.0. The Balaban J connectivity index is 1.11. The first-order valence-corrected chi connectivity index (χ1v) is 13.6. The number of carboxylic acid groups (broad SMARTS) is 1. The minimum atomic E-state index is -1.08. The Labute approximate surface area is 234 Å². The minimum Gasteiger partial charge on any atom is -0.496 e. The van der Waals surface area contributed by atoms with Gasteiger partial charge in [-0.15, -0.1) is 0 Å². The SMILES string of the molecule is COc1cc(C(=O)O)nc2ccc(N3CC4C(C=Cc5c(-c6c(Cl)cncc6Cl)noc5C5CC5)C4C3)cc12. The molecule has 2 saturated carbocycles. The van der Waals surface area contributed by atoms with E-state index in [9.17, 15) is 9.90 Å². The Hall–Kier alpha value is -3.62. The highest BCUT2D eigenvalue weighted by Crippen LogP contribution is 2.54. The van der Waals surface area contributed by atoms with Crippen molar-refractivity contribution in [1.82, 2.24) is 15.1 Å². The summed E-state index contributed by atoms with van der Waals surface area (Å²) in [5.74, 6) is 2.34. The molecule has 0 amide bonds. The predicted molar refractivity (Wildman–Crippen MR) is 149 cm³/mol. The first-order valence-electron chi connectivity index (χ1n) is 12.9. The summed E-state index contributed by atoms with van der Waals surface area (Å²) in [6.45, 7) is 1.89. The van der Waals surface area contributed by atoms with Gasteiger partial charge in [0.05, 0.1) is 22.7 Å². The highest BCUT2D eigenvalue weighted by Gasteiger charge is 2.54. The molecule has 1 N–H and O–H groups in total. The van der Waals surface area contributed by atoms with Gasteiger partial charge in [0.2, 0.25) is 0 Å². The van der Waals surface area contributed by atoms with Gasteiger partial charge in [0.25, 0.3) is 0 Å². The number of hydrogen-bond acceptors (Lipinski definition) is 7. The average Bonchev–Trinajstić information content (AvgIpc) is 3.79. The molecule has 2 unspecified atom stereocenters. The molecule has 4 heterocycles. The highest BCUT2D eigenvalue weighted by molar-refractivity contribution is 6.39. The normalized spacial score (nSPS) is 22.0. The molecule has 3 fully saturated rings. The fourth-order valence-corrected chi connectivity index (χ4v) is 6.41. The molecule has 2 aliphatic carbocycles. The molecule has 39 heavy (non-hydrogen) atoms. The zero-order chi connectivity index (χ0) is 26.8. The third-order valence-corrected chi connectivity index (χ3v) is 8.67. The van der Waals surface area contributed by atoms with E-state index < -0.39 is 5.97 Å². The maximum Gasteiger partial charge on any atom is 0.354 e. The summed E-state index contributed by atoms with van der Waals surface area (Å²) in [5, 5.41) is 15.4. The van der Waals surface area contributed by atoms with Gasteiger partial charge in [-0.25, -0.2) is 9.78 Å².